The zero-order chi connectivity index (χ0) is 3.98. The van der Waals surface area contributed by atoms with E-state index < -0.39 is 0 Å². The van der Waals surface area contributed by atoms with Crippen LogP contribution in [-0.4, -0.2) is 18.0 Å². The van der Waals surface area contributed by atoms with Gasteiger partial charge >= 0.3 is 0 Å². The third-order valence-corrected chi connectivity index (χ3v) is 12.0. The minimum Gasteiger partial charge on any atom is -0.0941 e. The summed E-state index contributed by atoms with van der Waals surface area (Å²) in [6.07, 6.45) is 3.30. The van der Waals surface area contributed by atoms with E-state index in [4.69, 9.17) is 0 Å². The molecule has 4 unspecified atom stereocenters. The van der Waals surface area contributed by atoms with Gasteiger partial charge in [0.05, 0.1) is 0 Å². The molecule has 2 aliphatic heterocycles. The van der Waals surface area contributed by atoms with Gasteiger partial charge in [0.2, 0.25) is 0 Å². The molecular weight excluding hydrogens is 129 g/mol. The van der Waals surface area contributed by atoms with Crippen LogP contribution in [0.4, 0.5) is 0 Å². The molecule has 0 saturated carbocycles. The van der Waals surface area contributed by atoms with Gasteiger partial charge in [-0.3, -0.25) is 0 Å². The average Bonchev–Trinajstić information content (AvgIpc) is 2.17. The SMILES string of the molecule is C1PPP2CC12. The zero-order valence-electron chi connectivity index (χ0n) is 3.44. The minimum absolute atomic E-state index is 0.742. The Morgan fingerprint density at radius 3 is 2.83 bits per heavy atom. The van der Waals surface area contributed by atoms with Crippen molar-refractivity contribution in [1.29, 1.82) is 0 Å². The maximum atomic E-state index is 1.67. The quantitative estimate of drug-likeness (QED) is 0.447. The van der Waals surface area contributed by atoms with Gasteiger partial charge < -0.3 is 0 Å². The van der Waals surface area contributed by atoms with Gasteiger partial charge in [-0.1, -0.05) is 23.8 Å². The molecule has 3 heteroatoms. The highest BCUT2D eigenvalue weighted by Crippen LogP contribution is 2.85. The van der Waals surface area contributed by atoms with Crippen LogP contribution in [-0.2, 0) is 0 Å². The summed E-state index contributed by atoms with van der Waals surface area (Å²) in [5, 5.41) is 0. The van der Waals surface area contributed by atoms with Crippen LogP contribution in [0.5, 0.6) is 0 Å². The van der Waals surface area contributed by atoms with Crippen molar-refractivity contribution >= 4 is 23.8 Å². The van der Waals surface area contributed by atoms with Crippen LogP contribution in [0.3, 0.4) is 0 Å². The Balaban J connectivity index is 2.09. The topological polar surface area (TPSA) is 0 Å². The third kappa shape index (κ3) is 0.551. The number of rotatable bonds is 0. The lowest BCUT2D eigenvalue weighted by Gasteiger charge is -1.82. The monoisotopic (exact) mass is 136 g/mol. The molecule has 0 aromatic rings. The van der Waals surface area contributed by atoms with Crippen LogP contribution in [0.15, 0.2) is 0 Å². The molecule has 2 aliphatic rings. The van der Waals surface area contributed by atoms with Gasteiger partial charge in [0.1, 0.15) is 0 Å². The zero-order valence-corrected chi connectivity index (χ0v) is 6.33. The molecule has 0 aliphatic carbocycles. The summed E-state index contributed by atoms with van der Waals surface area (Å²) in [7, 11) is 3.59. The van der Waals surface area contributed by atoms with Crippen molar-refractivity contribution < 1.29 is 0 Å². The second-order valence-corrected chi connectivity index (χ2v) is 10.3. The smallest absolute Gasteiger partial charge is 0.00869 e. The summed E-state index contributed by atoms with van der Waals surface area (Å²) >= 11 is 0. The molecular formula is C3H7P3. The van der Waals surface area contributed by atoms with E-state index in [9.17, 15) is 0 Å². The van der Waals surface area contributed by atoms with Crippen LogP contribution in [0.25, 0.3) is 0 Å². The van der Waals surface area contributed by atoms with Crippen molar-refractivity contribution in [3.63, 3.8) is 0 Å². The molecule has 0 nitrogen and oxygen atoms in total. The fraction of sp³-hybridized carbons (Fsp3) is 1.00. The van der Waals surface area contributed by atoms with Crippen molar-refractivity contribution in [3.05, 3.63) is 0 Å². The Hall–Kier alpha value is 1.29. The molecule has 0 spiro atoms. The highest BCUT2D eigenvalue weighted by Gasteiger charge is 2.40. The Morgan fingerprint density at radius 1 is 1.67 bits per heavy atom. The molecule has 34 valence electrons. The van der Waals surface area contributed by atoms with Crippen molar-refractivity contribution in [3.8, 4) is 0 Å². The van der Waals surface area contributed by atoms with E-state index in [0.29, 0.717) is 0 Å². The minimum atomic E-state index is 0.742. The van der Waals surface area contributed by atoms with E-state index in [-0.39, 0.29) is 0 Å². The van der Waals surface area contributed by atoms with Crippen molar-refractivity contribution in [1.82, 2.24) is 0 Å². The lowest BCUT2D eigenvalue weighted by molar-refractivity contribution is 1.27. The second kappa shape index (κ2) is 1.38. The lowest BCUT2D eigenvalue weighted by atomic mass is 10.6. The molecule has 2 rings (SSSR count). The molecule has 0 radical (unpaired) electrons. The summed E-state index contributed by atoms with van der Waals surface area (Å²) in [5.41, 5.74) is 1.30. The van der Waals surface area contributed by atoms with Crippen LogP contribution in [0, 0.1) is 0 Å². The summed E-state index contributed by atoms with van der Waals surface area (Å²) in [6, 6.07) is 0. The van der Waals surface area contributed by atoms with Gasteiger partial charge in [-0.05, 0) is 18.0 Å². The Bertz CT molecular complexity index is 64.4. The second-order valence-electron chi connectivity index (χ2n) is 1.80. The number of hydrogen-bond acceptors (Lipinski definition) is 0. The fourth-order valence-corrected chi connectivity index (χ4v) is 13.9. The maximum Gasteiger partial charge on any atom is -0.00869 e. The van der Waals surface area contributed by atoms with E-state index in [1.165, 1.54) is 21.9 Å². The molecule has 2 fully saturated rings. The Labute approximate surface area is 42.6 Å². The highest BCUT2D eigenvalue weighted by molar-refractivity contribution is 8.52. The molecule has 2 heterocycles. The van der Waals surface area contributed by atoms with E-state index in [2.05, 4.69) is 0 Å². The molecule has 0 bridgehead atoms. The van der Waals surface area contributed by atoms with Crippen molar-refractivity contribution in [2.75, 3.05) is 12.3 Å². The maximum absolute atomic E-state index is 1.67. The van der Waals surface area contributed by atoms with Crippen LogP contribution in [0.2, 0.25) is 0 Å². The summed E-state index contributed by atoms with van der Waals surface area (Å²) in [5.74, 6) is 0. The van der Waals surface area contributed by atoms with Gasteiger partial charge in [-0.15, -0.1) is 0 Å². The van der Waals surface area contributed by atoms with E-state index in [1.54, 1.807) is 12.3 Å². The molecule has 2 saturated heterocycles. The van der Waals surface area contributed by atoms with Gasteiger partial charge in [0.25, 0.3) is 0 Å². The van der Waals surface area contributed by atoms with Gasteiger partial charge in [-0.2, -0.15) is 0 Å². The first kappa shape index (κ1) is 4.20. The van der Waals surface area contributed by atoms with Gasteiger partial charge in [-0.25, -0.2) is 0 Å². The lowest BCUT2D eigenvalue weighted by Crippen LogP contribution is -1.77. The van der Waals surface area contributed by atoms with Crippen molar-refractivity contribution in [2.45, 2.75) is 5.66 Å². The van der Waals surface area contributed by atoms with Gasteiger partial charge in [0, 0.05) is 0 Å². The first-order chi connectivity index (χ1) is 2.97. The summed E-state index contributed by atoms with van der Waals surface area (Å²) < 4.78 is 0. The molecule has 0 amide bonds. The molecule has 0 aromatic heterocycles. The van der Waals surface area contributed by atoms with E-state index in [1.807, 2.05) is 0 Å². The Kier molecular flexibility index (Phi) is 0.966. The third-order valence-electron chi connectivity index (χ3n) is 1.27. The molecule has 6 heavy (non-hydrogen) atoms. The molecule has 4 atom stereocenters. The normalized spacial score (nSPS) is 60.0. The fourth-order valence-electron chi connectivity index (χ4n) is 0.757. The molecule has 0 N–H and O–H groups in total. The largest absolute Gasteiger partial charge is 0.0941 e. The predicted molar refractivity (Wildman–Crippen MR) is 37.1 cm³/mol. The Morgan fingerprint density at radius 2 is 2.67 bits per heavy atom. The standard InChI is InChI=1S/C3H7P3/c1-3-2-6(3)5-4-1/h3-5H,1-2H2. The van der Waals surface area contributed by atoms with E-state index >= 15 is 0 Å². The van der Waals surface area contributed by atoms with Crippen LogP contribution >= 0.6 is 23.8 Å². The summed E-state index contributed by atoms with van der Waals surface area (Å²) in [4.78, 5) is 0. The predicted octanol–water partition coefficient (Wildman–Crippen LogP) is 2.05. The molecule has 0 aromatic carbocycles. The first-order valence-corrected chi connectivity index (χ1v) is 7.86. The number of fused-ring (bicyclic) bond motifs is 1. The van der Waals surface area contributed by atoms with Crippen LogP contribution < -0.4 is 0 Å². The van der Waals surface area contributed by atoms with Gasteiger partial charge in [0.15, 0.2) is 0 Å². The average molecular weight is 136 g/mol. The first-order valence-electron chi connectivity index (χ1n) is 2.22. The van der Waals surface area contributed by atoms with E-state index in [0.717, 1.165) is 7.61 Å². The van der Waals surface area contributed by atoms with Crippen molar-refractivity contribution in [2.24, 2.45) is 0 Å². The van der Waals surface area contributed by atoms with Crippen LogP contribution in [0.1, 0.15) is 0 Å². The summed E-state index contributed by atoms with van der Waals surface area (Å²) in [6.45, 7) is 0. The highest BCUT2D eigenvalue weighted by atomic mass is 32.4. The number of hydrogen-bond donors (Lipinski definition) is 0.